The van der Waals surface area contributed by atoms with Crippen molar-refractivity contribution in [2.75, 3.05) is 10.6 Å². The third-order valence-corrected chi connectivity index (χ3v) is 6.92. The van der Waals surface area contributed by atoms with Crippen molar-refractivity contribution in [3.05, 3.63) is 89.5 Å². The number of carbonyl (C=O) groups is 2. The number of aryl methyl sites for hydroxylation is 2. The number of hydrogen-bond donors (Lipinski definition) is 2. The lowest BCUT2D eigenvalue weighted by molar-refractivity contribution is -0.117. The Kier molecular flexibility index (Phi) is 6.96. The van der Waals surface area contributed by atoms with Crippen LogP contribution in [0.3, 0.4) is 0 Å². The molecule has 0 radical (unpaired) electrons. The molecule has 0 spiro atoms. The van der Waals surface area contributed by atoms with Gasteiger partial charge in [-0.25, -0.2) is 0 Å². The predicted octanol–water partition coefficient (Wildman–Crippen LogP) is 6.38. The molecule has 0 bridgehead atoms. The zero-order chi connectivity index (χ0) is 22.5. The largest absolute Gasteiger partial charge is 0.326 e. The summed E-state index contributed by atoms with van der Waals surface area (Å²) >= 11 is 1.51. The van der Waals surface area contributed by atoms with Gasteiger partial charge in [-0.2, -0.15) is 0 Å². The number of carbonyl (C=O) groups excluding carboxylic acids is 2. The number of benzene rings is 3. The van der Waals surface area contributed by atoms with Crippen molar-refractivity contribution >= 4 is 35.0 Å². The van der Waals surface area contributed by atoms with Gasteiger partial charge >= 0.3 is 0 Å². The molecule has 2 amide bonds. The fourth-order valence-corrected chi connectivity index (χ4v) is 4.66. The number of hydrogen-bond acceptors (Lipinski definition) is 3. The summed E-state index contributed by atoms with van der Waals surface area (Å²) in [4.78, 5) is 26.4. The van der Waals surface area contributed by atoms with Gasteiger partial charge in [0.2, 0.25) is 11.8 Å². The highest BCUT2D eigenvalue weighted by atomic mass is 32.2. The Morgan fingerprint density at radius 3 is 2.31 bits per heavy atom. The van der Waals surface area contributed by atoms with Crippen LogP contribution in [0.1, 0.15) is 41.7 Å². The molecule has 3 aromatic rings. The van der Waals surface area contributed by atoms with Crippen molar-refractivity contribution in [2.45, 2.75) is 43.3 Å². The predicted molar refractivity (Wildman–Crippen MR) is 132 cm³/mol. The highest BCUT2D eigenvalue weighted by Crippen LogP contribution is 2.37. The minimum absolute atomic E-state index is 0.0451. The summed E-state index contributed by atoms with van der Waals surface area (Å²) in [6, 6.07) is 23.7. The SMILES string of the molecule is CCc1cccc(C)c1NC(=O)C(Sc1ccc(NC(=O)C2CC2)cc1)c1ccccc1. The van der Waals surface area contributed by atoms with E-state index in [9.17, 15) is 9.59 Å². The quantitative estimate of drug-likeness (QED) is 0.397. The van der Waals surface area contributed by atoms with Crippen LogP contribution in [-0.4, -0.2) is 11.8 Å². The Bertz CT molecular complexity index is 1090. The molecule has 1 aliphatic rings. The maximum atomic E-state index is 13.4. The van der Waals surface area contributed by atoms with Gasteiger partial charge in [0.25, 0.3) is 0 Å². The van der Waals surface area contributed by atoms with Crippen molar-refractivity contribution in [2.24, 2.45) is 5.92 Å². The van der Waals surface area contributed by atoms with E-state index >= 15 is 0 Å². The first kappa shape index (κ1) is 22.2. The summed E-state index contributed by atoms with van der Waals surface area (Å²) in [7, 11) is 0. The van der Waals surface area contributed by atoms with E-state index in [1.54, 1.807) is 0 Å². The van der Waals surface area contributed by atoms with E-state index in [2.05, 4.69) is 23.6 Å². The molecule has 32 heavy (non-hydrogen) atoms. The lowest BCUT2D eigenvalue weighted by Crippen LogP contribution is -2.20. The maximum Gasteiger partial charge on any atom is 0.242 e. The van der Waals surface area contributed by atoms with Crippen LogP contribution in [0, 0.1) is 12.8 Å². The molecule has 1 aliphatic carbocycles. The number of thioether (sulfide) groups is 1. The van der Waals surface area contributed by atoms with Gasteiger partial charge in [-0.05, 0) is 67.1 Å². The van der Waals surface area contributed by atoms with Crippen LogP contribution >= 0.6 is 11.8 Å². The second-order valence-electron chi connectivity index (χ2n) is 8.15. The van der Waals surface area contributed by atoms with Gasteiger partial charge in [0.15, 0.2) is 0 Å². The smallest absolute Gasteiger partial charge is 0.242 e. The summed E-state index contributed by atoms with van der Waals surface area (Å²) in [5, 5.41) is 5.76. The van der Waals surface area contributed by atoms with Crippen molar-refractivity contribution in [3.63, 3.8) is 0 Å². The molecule has 0 heterocycles. The van der Waals surface area contributed by atoms with Crippen LogP contribution in [-0.2, 0) is 16.0 Å². The Labute approximate surface area is 193 Å². The Morgan fingerprint density at radius 2 is 1.66 bits per heavy atom. The molecule has 5 heteroatoms. The first-order chi connectivity index (χ1) is 15.5. The number of rotatable bonds is 8. The van der Waals surface area contributed by atoms with Crippen molar-refractivity contribution in [3.8, 4) is 0 Å². The molecular formula is C27H28N2O2S. The molecule has 1 unspecified atom stereocenters. The van der Waals surface area contributed by atoms with E-state index in [1.807, 2.05) is 73.7 Å². The van der Waals surface area contributed by atoms with E-state index in [-0.39, 0.29) is 17.7 Å². The molecule has 0 saturated heterocycles. The molecule has 0 aromatic heterocycles. The van der Waals surface area contributed by atoms with Crippen molar-refractivity contribution < 1.29 is 9.59 Å². The second kappa shape index (κ2) is 10.0. The fourth-order valence-electron chi connectivity index (χ4n) is 3.63. The van der Waals surface area contributed by atoms with Crippen LogP contribution in [0.25, 0.3) is 0 Å². The standard InChI is InChI=1S/C27H28N2O2S/c1-3-19-11-7-8-18(2)24(19)29-27(31)25(20-9-5-4-6-10-20)32-23-16-14-22(15-17-23)28-26(30)21-12-13-21/h4-11,14-17,21,25H,3,12-13H2,1-2H3,(H,28,30)(H,29,31). The summed E-state index contributed by atoms with van der Waals surface area (Å²) in [6.45, 7) is 4.12. The van der Waals surface area contributed by atoms with Gasteiger partial charge in [0.05, 0.1) is 0 Å². The molecule has 1 fully saturated rings. The van der Waals surface area contributed by atoms with Crippen LogP contribution in [0.15, 0.2) is 77.7 Å². The number of anilines is 2. The lowest BCUT2D eigenvalue weighted by atomic mass is 10.1. The Morgan fingerprint density at radius 1 is 0.938 bits per heavy atom. The zero-order valence-corrected chi connectivity index (χ0v) is 19.2. The second-order valence-corrected chi connectivity index (χ2v) is 9.33. The molecular weight excluding hydrogens is 416 g/mol. The first-order valence-electron chi connectivity index (χ1n) is 11.1. The van der Waals surface area contributed by atoms with Crippen molar-refractivity contribution in [1.29, 1.82) is 0 Å². The average Bonchev–Trinajstić information content (AvgIpc) is 3.66. The van der Waals surface area contributed by atoms with Gasteiger partial charge in [-0.3, -0.25) is 9.59 Å². The van der Waals surface area contributed by atoms with Gasteiger partial charge in [0, 0.05) is 22.2 Å². The number of para-hydroxylation sites is 1. The summed E-state index contributed by atoms with van der Waals surface area (Å²) in [6.07, 6.45) is 2.82. The van der Waals surface area contributed by atoms with Crippen LogP contribution in [0.5, 0.6) is 0 Å². The van der Waals surface area contributed by atoms with Crippen LogP contribution in [0.4, 0.5) is 11.4 Å². The molecule has 3 aromatic carbocycles. The van der Waals surface area contributed by atoms with E-state index in [4.69, 9.17) is 0 Å². The average molecular weight is 445 g/mol. The van der Waals surface area contributed by atoms with E-state index < -0.39 is 5.25 Å². The minimum Gasteiger partial charge on any atom is -0.326 e. The summed E-state index contributed by atoms with van der Waals surface area (Å²) in [5.41, 5.74) is 4.84. The molecule has 4 rings (SSSR count). The molecule has 164 valence electrons. The lowest BCUT2D eigenvalue weighted by Gasteiger charge is -2.20. The monoisotopic (exact) mass is 444 g/mol. The minimum atomic E-state index is -0.396. The molecule has 4 nitrogen and oxygen atoms in total. The molecule has 2 N–H and O–H groups in total. The topological polar surface area (TPSA) is 58.2 Å². The third-order valence-electron chi connectivity index (χ3n) is 5.65. The molecule has 0 aliphatic heterocycles. The molecule has 1 atom stereocenters. The van der Waals surface area contributed by atoms with E-state index in [0.29, 0.717) is 0 Å². The highest BCUT2D eigenvalue weighted by Gasteiger charge is 2.29. The maximum absolute atomic E-state index is 13.4. The van der Waals surface area contributed by atoms with Gasteiger partial charge in [-0.15, -0.1) is 11.8 Å². The van der Waals surface area contributed by atoms with E-state index in [1.165, 1.54) is 11.8 Å². The fraction of sp³-hybridized carbons (Fsp3) is 0.259. The Hall–Kier alpha value is -3.05. The summed E-state index contributed by atoms with van der Waals surface area (Å²) in [5.74, 6) is 0.220. The Balaban J connectivity index is 1.54. The van der Waals surface area contributed by atoms with Gasteiger partial charge in [-0.1, -0.05) is 55.5 Å². The highest BCUT2D eigenvalue weighted by molar-refractivity contribution is 8.00. The van der Waals surface area contributed by atoms with Gasteiger partial charge < -0.3 is 10.6 Å². The van der Waals surface area contributed by atoms with Crippen molar-refractivity contribution in [1.82, 2.24) is 0 Å². The van der Waals surface area contributed by atoms with E-state index in [0.717, 1.165) is 52.2 Å². The third kappa shape index (κ3) is 5.40. The number of nitrogens with one attached hydrogen (secondary N) is 2. The normalized spacial score (nSPS) is 13.9. The van der Waals surface area contributed by atoms with Crippen LogP contribution < -0.4 is 10.6 Å². The molecule has 1 saturated carbocycles. The zero-order valence-electron chi connectivity index (χ0n) is 18.4. The summed E-state index contributed by atoms with van der Waals surface area (Å²) < 4.78 is 0. The first-order valence-corrected chi connectivity index (χ1v) is 11.9. The van der Waals surface area contributed by atoms with Gasteiger partial charge in [0.1, 0.15) is 5.25 Å². The van der Waals surface area contributed by atoms with Crippen LogP contribution in [0.2, 0.25) is 0 Å². The number of amides is 2.